The Morgan fingerprint density at radius 1 is 1.21 bits per heavy atom. The fraction of sp³-hybridized carbons (Fsp3) is 0.600. The van der Waals surface area contributed by atoms with E-state index in [1.807, 2.05) is 18.2 Å². The molecule has 8 heteroatoms. The molecule has 5 rings (SSSR count). The number of carbonyl (C=O) groups excluding carboxylic acids is 2. The number of nitrogens with one attached hydrogen (secondary N) is 1. The predicted octanol–water partition coefficient (Wildman–Crippen LogP) is 3.46. The number of hydrogen-bond donors (Lipinski definition) is 1. The van der Waals surface area contributed by atoms with E-state index in [4.69, 9.17) is 9.47 Å². The molecule has 4 aliphatic rings. The lowest BCUT2D eigenvalue weighted by Crippen LogP contribution is -2.56. The Morgan fingerprint density at radius 2 is 2.00 bits per heavy atom. The van der Waals surface area contributed by atoms with E-state index in [9.17, 15) is 9.59 Å². The van der Waals surface area contributed by atoms with Crippen molar-refractivity contribution in [3.05, 3.63) is 18.2 Å². The van der Waals surface area contributed by atoms with Crippen LogP contribution in [0.15, 0.2) is 18.2 Å². The summed E-state index contributed by atoms with van der Waals surface area (Å²) in [4.78, 5) is 26.9. The molecule has 2 atom stereocenters. The van der Waals surface area contributed by atoms with Gasteiger partial charge >= 0.3 is 0 Å². The van der Waals surface area contributed by atoms with Gasteiger partial charge in [-0.05, 0) is 31.9 Å². The van der Waals surface area contributed by atoms with Gasteiger partial charge in [-0.25, -0.2) is 0 Å². The number of amides is 2. The standard InChI is InChI=1S/C20H24N2O4S2/c1-19-12-27-11-17(23)22(19)14(10-28-19)18(24)21-13-5-6-15-16(9-13)26-20(25-15)7-3-2-4-8-20/h5-6,9,14H,2-4,7-8,10-12H2,1H3,(H,21,24)/t14-,19-/m0/s1. The first-order chi connectivity index (χ1) is 13.5. The number of ether oxygens (including phenoxy) is 2. The topological polar surface area (TPSA) is 67.9 Å². The number of hydrogen-bond acceptors (Lipinski definition) is 6. The maximum absolute atomic E-state index is 13.0. The molecule has 3 heterocycles. The van der Waals surface area contributed by atoms with E-state index in [0.29, 0.717) is 22.9 Å². The summed E-state index contributed by atoms with van der Waals surface area (Å²) in [5, 5.41) is 2.99. The van der Waals surface area contributed by atoms with Crippen LogP contribution in [-0.4, -0.2) is 50.7 Å². The summed E-state index contributed by atoms with van der Waals surface area (Å²) >= 11 is 3.34. The quantitative estimate of drug-likeness (QED) is 0.790. The molecule has 2 saturated heterocycles. The van der Waals surface area contributed by atoms with Crippen molar-refractivity contribution in [2.45, 2.75) is 55.7 Å². The zero-order valence-electron chi connectivity index (χ0n) is 15.9. The molecule has 1 N–H and O–H groups in total. The maximum Gasteiger partial charge on any atom is 0.251 e. The van der Waals surface area contributed by atoms with E-state index in [1.54, 1.807) is 28.4 Å². The van der Waals surface area contributed by atoms with E-state index in [2.05, 4.69) is 12.2 Å². The van der Waals surface area contributed by atoms with Crippen molar-refractivity contribution in [3.63, 3.8) is 0 Å². The van der Waals surface area contributed by atoms with Crippen LogP contribution in [0.25, 0.3) is 0 Å². The molecule has 1 saturated carbocycles. The molecule has 0 aromatic heterocycles. The highest BCUT2D eigenvalue weighted by Crippen LogP contribution is 2.47. The summed E-state index contributed by atoms with van der Waals surface area (Å²) in [6.45, 7) is 2.05. The molecule has 0 unspecified atom stereocenters. The summed E-state index contributed by atoms with van der Waals surface area (Å²) in [6, 6.07) is 5.12. The predicted molar refractivity (Wildman–Crippen MR) is 111 cm³/mol. The van der Waals surface area contributed by atoms with E-state index >= 15 is 0 Å². The van der Waals surface area contributed by atoms with Crippen LogP contribution in [-0.2, 0) is 9.59 Å². The van der Waals surface area contributed by atoms with Crippen molar-refractivity contribution in [3.8, 4) is 11.5 Å². The van der Waals surface area contributed by atoms with Crippen LogP contribution >= 0.6 is 23.5 Å². The van der Waals surface area contributed by atoms with Crippen molar-refractivity contribution in [2.24, 2.45) is 0 Å². The third kappa shape index (κ3) is 3.05. The van der Waals surface area contributed by atoms with E-state index in [0.717, 1.165) is 37.2 Å². The van der Waals surface area contributed by atoms with Crippen molar-refractivity contribution in [2.75, 3.05) is 22.6 Å². The van der Waals surface area contributed by atoms with Gasteiger partial charge in [-0.15, -0.1) is 23.5 Å². The lowest BCUT2D eigenvalue weighted by atomic mass is 9.94. The Balaban J connectivity index is 1.31. The Morgan fingerprint density at radius 3 is 2.82 bits per heavy atom. The minimum Gasteiger partial charge on any atom is -0.448 e. The number of rotatable bonds is 2. The van der Waals surface area contributed by atoms with Crippen LogP contribution in [0.4, 0.5) is 5.69 Å². The molecule has 1 aromatic rings. The van der Waals surface area contributed by atoms with Gasteiger partial charge in [0.15, 0.2) is 11.5 Å². The summed E-state index contributed by atoms with van der Waals surface area (Å²) in [6.07, 6.45) is 5.24. The van der Waals surface area contributed by atoms with Crippen molar-refractivity contribution >= 4 is 41.0 Å². The normalized spacial score (nSPS) is 30.4. The van der Waals surface area contributed by atoms with Crippen LogP contribution in [0, 0.1) is 0 Å². The Kier molecular flexibility index (Phi) is 4.46. The largest absolute Gasteiger partial charge is 0.448 e. The van der Waals surface area contributed by atoms with Crippen LogP contribution in [0.5, 0.6) is 11.5 Å². The first kappa shape index (κ1) is 18.5. The third-order valence-corrected chi connectivity index (χ3v) is 8.80. The van der Waals surface area contributed by atoms with Crippen LogP contribution in [0.2, 0.25) is 0 Å². The van der Waals surface area contributed by atoms with Gasteiger partial charge in [0.1, 0.15) is 6.04 Å². The molecule has 3 aliphatic heterocycles. The van der Waals surface area contributed by atoms with Crippen molar-refractivity contribution in [1.82, 2.24) is 4.90 Å². The van der Waals surface area contributed by atoms with Gasteiger partial charge in [0, 0.05) is 36.1 Å². The molecule has 3 fully saturated rings. The second kappa shape index (κ2) is 6.76. The molecule has 2 amide bonds. The van der Waals surface area contributed by atoms with Gasteiger partial charge in [-0.1, -0.05) is 6.42 Å². The van der Waals surface area contributed by atoms with Crippen LogP contribution < -0.4 is 14.8 Å². The molecule has 1 spiro atoms. The molecular formula is C20H24N2O4S2. The Labute approximate surface area is 173 Å². The first-order valence-corrected chi connectivity index (χ1v) is 12.0. The maximum atomic E-state index is 13.0. The fourth-order valence-electron chi connectivity index (χ4n) is 4.56. The molecule has 28 heavy (non-hydrogen) atoms. The van der Waals surface area contributed by atoms with Gasteiger partial charge < -0.3 is 19.7 Å². The smallest absolute Gasteiger partial charge is 0.251 e. The van der Waals surface area contributed by atoms with Crippen LogP contribution in [0.1, 0.15) is 39.0 Å². The molecule has 1 aromatic carbocycles. The number of anilines is 1. The van der Waals surface area contributed by atoms with Gasteiger partial charge in [0.2, 0.25) is 11.8 Å². The van der Waals surface area contributed by atoms with Gasteiger partial charge in [0.05, 0.1) is 10.6 Å². The highest BCUT2D eigenvalue weighted by atomic mass is 32.2. The molecule has 0 radical (unpaired) electrons. The van der Waals surface area contributed by atoms with Crippen LogP contribution in [0.3, 0.4) is 0 Å². The summed E-state index contributed by atoms with van der Waals surface area (Å²) in [7, 11) is 0. The molecule has 0 bridgehead atoms. The number of carbonyl (C=O) groups is 2. The minimum atomic E-state index is -0.523. The van der Waals surface area contributed by atoms with Crippen molar-refractivity contribution < 1.29 is 19.1 Å². The number of nitrogens with zero attached hydrogens (tertiary/aromatic N) is 1. The number of benzene rings is 1. The van der Waals surface area contributed by atoms with E-state index in [-0.39, 0.29) is 16.7 Å². The highest BCUT2D eigenvalue weighted by Gasteiger charge is 2.51. The summed E-state index contributed by atoms with van der Waals surface area (Å²) in [5.74, 6) is 2.76. The monoisotopic (exact) mass is 420 g/mol. The molecular weight excluding hydrogens is 396 g/mol. The highest BCUT2D eigenvalue weighted by molar-refractivity contribution is 8.04. The third-order valence-electron chi connectivity index (χ3n) is 5.96. The van der Waals surface area contributed by atoms with E-state index < -0.39 is 11.8 Å². The zero-order valence-corrected chi connectivity index (χ0v) is 17.5. The lowest BCUT2D eigenvalue weighted by Gasteiger charge is -2.40. The van der Waals surface area contributed by atoms with Gasteiger partial charge in [0.25, 0.3) is 5.79 Å². The average Bonchev–Trinajstić information content (AvgIpc) is 3.20. The molecule has 1 aliphatic carbocycles. The number of fused-ring (bicyclic) bond motifs is 2. The zero-order chi connectivity index (χ0) is 19.4. The number of thioether (sulfide) groups is 2. The molecule has 6 nitrogen and oxygen atoms in total. The minimum absolute atomic E-state index is 0.0498. The summed E-state index contributed by atoms with van der Waals surface area (Å²) in [5.41, 5.74) is 0.678. The average molecular weight is 421 g/mol. The summed E-state index contributed by atoms with van der Waals surface area (Å²) < 4.78 is 12.3. The Hall–Kier alpha value is -1.54. The van der Waals surface area contributed by atoms with Gasteiger partial charge in [-0.2, -0.15) is 0 Å². The van der Waals surface area contributed by atoms with Gasteiger partial charge in [-0.3, -0.25) is 9.59 Å². The molecule has 150 valence electrons. The fourth-order valence-corrected chi connectivity index (χ4v) is 7.27. The van der Waals surface area contributed by atoms with Crippen molar-refractivity contribution in [1.29, 1.82) is 0 Å². The Bertz CT molecular complexity index is 826. The first-order valence-electron chi connectivity index (χ1n) is 9.85. The second-order valence-corrected chi connectivity index (χ2v) is 10.6. The SMILES string of the molecule is C[C@]12CSCC(=O)N1[C@H](C(=O)Nc1ccc3c(c1)OC1(CCCCC1)O3)CS2. The van der Waals surface area contributed by atoms with E-state index in [1.165, 1.54) is 6.42 Å². The second-order valence-electron chi connectivity index (χ2n) is 8.08. The lowest BCUT2D eigenvalue weighted by molar-refractivity contribution is -0.138.